The molecule has 0 radical (unpaired) electrons. The number of benzene rings is 1. The van der Waals surface area contributed by atoms with Crippen LogP contribution in [0.4, 0.5) is 0 Å². The lowest BCUT2D eigenvalue weighted by atomic mass is 10.1. The van der Waals surface area contributed by atoms with Crippen molar-refractivity contribution in [3.63, 3.8) is 0 Å². The van der Waals surface area contributed by atoms with Crippen LogP contribution < -0.4 is 32.0 Å². The second-order valence-electron chi connectivity index (χ2n) is 7.77. The summed E-state index contributed by atoms with van der Waals surface area (Å²) < 4.78 is 15.0. The Morgan fingerprint density at radius 1 is 0.886 bits per heavy atom. The minimum absolute atomic E-state index is 0.162. The lowest BCUT2D eigenvalue weighted by Gasteiger charge is -2.20. The molecule has 0 aliphatic carbocycles. The SMILES string of the molecule is CC(=O)Oc1cccc(C(=O)OC(=O)[C@H](CCCCN)NC(=O)[C@@H](N)CCCCN)c1OC(C)=O. The predicted molar refractivity (Wildman–Crippen MR) is 125 cm³/mol. The summed E-state index contributed by atoms with van der Waals surface area (Å²) in [6, 6.07) is 1.87. The Kier molecular flexibility index (Phi) is 13.2. The lowest BCUT2D eigenvalue weighted by molar-refractivity contribution is -0.143. The summed E-state index contributed by atoms with van der Waals surface area (Å²) in [6.45, 7) is 3.06. The van der Waals surface area contributed by atoms with Crippen LogP contribution in [0.3, 0.4) is 0 Å². The molecule has 0 saturated carbocycles. The van der Waals surface area contributed by atoms with Gasteiger partial charge in [-0.25, -0.2) is 9.59 Å². The molecule has 35 heavy (non-hydrogen) atoms. The number of nitrogens with one attached hydrogen (secondary N) is 1. The molecule has 0 unspecified atom stereocenters. The van der Waals surface area contributed by atoms with Gasteiger partial charge in [0, 0.05) is 13.8 Å². The van der Waals surface area contributed by atoms with Crippen molar-refractivity contribution in [2.24, 2.45) is 17.2 Å². The molecule has 12 heteroatoms. The van der Waals surface area contributed by atoms with E-state index >= 15 is 0 Å². The number of nitrogens with two attached hydrogens (primary N) is 3. The van der Waals surface area contributed by atoms with Gasteiger partial charge in [-0.05, 0) is 57.3 Å². The van der Waals surface area contributed by atoms with Crippen molar-refractivity contribution >= 4 is 29.8 Å². The molecule has 1 rings (SSSR count). The fraction of sp³-hybridized carbons (Fsp3) is 0.522. The molecule has 0 aliphatic heterocycles. The second-order valence-corrected chi connectivity index (χ2v) is 7.77. The summed E-state index contributed by atoms with van der Waals surface area (Å²) in [6.07, 6.45) is 2.94. The van der Waals surface area contributed by atoms with E-state index in [2.05, 4.69) is 5.32 Å². The van der Waals surface area contributed by atoms with Gasteiger partial charge in [-0.2, -0.15) is 0 Å². The normalized spacial score (nSPS) is 12.3. The van der Waals surface area contributed by atoms with Crippen molar-refractivity contribution in [1.29, 1.82) is 0 Å². The van der Waals surface area contributed by atoms with Crippen LogP contribution in [-0.2, 0) is 23.9 Å². The Balaban J connectivity index is 3.05. The van der Waals surface area contributed by atoms with Crippen LogP contribution in [0.15, 0.2) is 18.2 Å². The van der Waals surface area contributed by atoms with Crippen LogP contribution in [0, 0.1) is 0 Å². The minimum atomic E-state index is -1.16. The molecule has 0 saturated heterocycles. The molecule has 0 spiro atoms. The van der Waals surface area contributed by atoms with Crippen molar-refractivity contribution in [3.8, 4) is 11.5 Å². The first-order valence-corrected chi connectivity index (χ1v) is 11.3. The third kappa shape index (κ3) is 10.6. The van der Waals surface area contributed by atoms with Crippen LogP contribution in [0.25, 0.3) is 0 Å². The van der Waals surface area contributed by atoms with E-state index in [1.54, 1.807) is 0 Å². The van der Waals surface area contributed by atoms with Gasteiger partial charge in [-0.15, -0.1) is 0 Å². The molecule has 7 N–H and O–H groups in total. The number of hydrogen-bond acceptors (Lipinski definition) is 11. The molecular formula is C23H34N4O8. The summed E-state index contributed by atoms with van der Waals surface area (Å²) in [4.78, 5) is 60.9. The topological polar surface area (TPSA) is 203 Å². The zero-order valence-corrected chi connectivity index (χ0v) is 20.0. The molecule has 0 fully saturated rings. The number of carbonyl (C=O) groups is 5. The number of hydrogen-bond donors (Lipinski definition) is 4. The highest BCUT2D eigenvalue weighted by molar-refractivity contribution is 6.02. The van der Waals surface area contributed by atoms with Crippen molar-refractivity contribution in [3.05, 3.63) is 23.8 Å². The number of esters is 4. The molecule has 1 amide bonds. The van der Waals surface area contributed by atoms with Crippen LogP contribution in [0.2, 0.25) is 0 Å². The monoisotopic (exact) mass is 494 g/mol. The van der Waals surface area contributed by atoms with Gasteiger partial charge in [0.2, 0.25) is 5.91 Å². The molecule has 0 aliphatic rings. The molecule has 1 aromatic rings. The lowest BCUT2D eigenvalue weighted by Crippen LogP contribution is -2.49. The number of rotatable bonds is 14. The average molecular weight is 495 g/mol. The van der Waals surface area contributed by atoms with Crippen LogP contribution in [0.5, 0.6) is 11.5 Å². The standard InChI is InChI=1S/C23H34N4O8/c1-14(28)33-19-11-7-8-16(20(19)34-15(2)29)22(31)35-23(32)18(10-4-6-13-25)27-21(30)17(26)9-3-5-12-24/h7-8,11,17-18H,3-6,9-10,12-13,24-26H2,1-2H3,(H,27,30)/t17-,18-/m0/s1. The fourth-order valence-electron chi connectivity index (χ4n) is 3.04. The van der Waals surface area contributed by atoms with Crippen LogP contribution in [0.1, 0.15) is 62.7 Å². The maximum absolute atomic E-state index is 12.8. The van der Waals surface area contributed by atoms with E-state index in [1.807, 2.05) is 0 Å². The van der Waals surface area contributed by atoms with E-state index < -0.39 is 41.9 Å². The Morgan fingerprint density at radius 2 is 1.49 bits per heavy atom. The van der Waals surface area contributed by atoms with Gasteiger partial charge in [0.05, 0.1) is 6.04 Å². The molecule has 0 bridgehead atoms. The van der Waals surface area contributed by atoms with Crippen LogP contribution in [-0.4, -0.2) is 55.0 Å². The quantitative estimate of drug-likeness (QED) is 0.120. The molecule has 12 nitrogen and oxygen atoms in total. The maximum atomic E-state index is 12.8. The van der Waals surface area contributed by atoms with Gasteiger partial charge in [-0.1, -0.05) is 12.5 Å². The second kappa shape index (κ2) is 15.5. The van der Waals surface area contributed by atoms with Gasteiger partial charge in [0.25, 0.3) is 0 Å². The molecule has 0 aromatic heterocycles. The van der Waals surface area contributed by atoms with E-state index in [-0.39, 0.29) is 23.5 Å². The van der Waals surface area contributed by atoms with Crippen molar-refractivity contribution in [2.75, 3.05) is 13.1 Å². The summed E-state index contributed by atoms with van der Waals surface area (Å²) in [5, 5.41) is 2.53. The largest absolute Gasteiger partial charge is 0.423 e. The third-order valence-electron chi connectivity index (χ3n) is 4.75. The zero-order valence-electron chi connectivity index (χ0n) is 20.0. The van der Waals surface area contributed by atoms with Gasteiger partial charge in [0.1, 0.15) is 11.6 Å². The van der Waals surface area contributed by atoms with Crippen molar-refractivity contribution in [2.45, 2.75) is 64.5 Å². The summed E-state index contributed by atoms with van der Waals surface area (Å²) in [7, 11) is 0. The Bertz CT molecular complexity index is 906. The van der Waals surface area contributed by atoms with Gasteiger partial charge >= 0.3 is 23.9 Å². The molecule has 194 valence electrons. The summed E-state index contributed by atoms with van der Waals surface area (Å²) in [5.41, 5.74) is 16.5. The first-order valence-electron chi connectivity index (χ1n) is 11.3. The van der Waals surface area contributed by atoms with Gasteiger partial charge < -0.3 is 36.7 Å². The molecule has 1 aromatic carbocycles. The van der Waals surface area contributed by atoms with E-state index in [1.165, 1.54) is 18.2 Å². The number of unbranched alkanes of at least 4 members (excludes halogenated alkanes) is 2. The van der Waals surface area contributed by atoms with Crippen molar-refractivity contribution < 1.29 is 38.2 Å². The molecular weight excluding hydrogens is 460 g/mol. The predicted octanol–water partition coefficient (Wildman–Crippen LogP) is 0.291. The molecule has 2 atom stereocenters. The highest BCUT2D eigenvalue weighted by Gasteiger charge is 2.29. The highest BCUT2D eigenvalue weighted by atomic mass is 16.6. The fourth-order valence-corrected chi connectivity index (χ4v) is 3.04. The summed E-state index contributed by atoms with van der Waals surface area (Å²) in [5.74, 6) is -4.84. The smallest absolute Gasteiger partial charge is 0.349 e. The number of ether oxygens (including phenoxy) is 3. The Hall–Kier alpha value is -3.35. The minimum Gasteiger partial charge on any atom is -0.423 e. The van der Waals surface area contributed by atoms with Gasteiger partial charge in [0.15, 0.2) is 11.5 Å². The van der Waals surface area contributed by atoms with Crippen LogP contribution >= 0.6 is 0 Å². The summed E-state index contributed by atoms with van der Waals surface area (Å²) >= 11 is 0. The first kappa shape index (κ1) is 29.7. The molecule has 0 heterocycles. The number of para-hydroxylation sites is 1. The zero-order chi connectivity index (χ0) is 26.4. The van der Waals surface area contributed by atoms with E-state index in [0.717, 1.165) is 13.8 Å². The van der Waals surface area contributed by atoms with Gasteiger partial charge in [-0.3, -0.25) is 14.4 Å². The van der Waals surface area contributed by atoms with E-state index in [9.17, 15) is 24.0 Å². The highest BCUT2D eigenvalue weighted by Crippen LogP contribution is 2.32. The van der Waals surface area contributed by atoms with E-state index in [0.29, 0.717) is 45.2 Å². The Morgan fingerprint density at radius 3 is 2.06 bits per heavy atom. The maximum Gasteiger partial charge on any atom is 0.349 e. The first-order chi connectivity index (χ1) is 16.6. The van der Waals surface area contributed by atoms with Crippen molar-refractivity contribution in [1.82, 2.24) is 5.32 Å². The average Bonchev–Trinajstić information content (AvgIpc) is 2.78. The third-order valence-corrected chi connectivity index (χ3v) is 4.75. The van der Waals surface area contributed by atoms with E-state index in [4.69, 9.17) is 31.4 Å². The number of carbonyl (C=O) groups excluding carboxylic acids is 5. The Labute approximate surface area is 203 Å². The number of amides is 1.